The Morgan fingerprint density at radius 3 is 2.32 bits per heavy atom. The first kappa shape index (κ1) is 21.2. The Bertz CT molecular complexity index is 498. The summed E-state index contributed by atoms with van der Waals surface area (Å²) in [5.74, 6) is -1.05. The van der Waals surface area contributed by atoms with Gasteiger partial charge in [-0.2, -0.15) is 0 Å². The van der Waals surface area contributed by atoms with Crippen LogP contribution in [0.2, 0.25) is 0 Å². The second-order valence-electron chi connectivity index (χ2n) is 6.66. The van der Waals surface area contributed by atoms with Gasteiger partial charge in [0.15, 0.2) is 0 Å². The van der Waals surface area contributed by atoms with Crippen LogP contribution in [-0.2, 0) is 20.7 Å². The molecule has 0 aliphatic carbocycles. The number of aliphatic carboxylic acids is 1. The molecule has 0 aromatic heterocycles. The highest BCUT2D eigenvalue weighted by atomic mass is 16.5. The van der Waals surface area contributed by atoms with Crippen LogP contribution in [0.5, 0.6) is 0 Å². The summed E-state index contributed by atoms with van der Waals surface area (Å²) in [6.07, 6.45) is 6.88. The minimum absolute atomic E-state index is 0.0611. The van der Waals surface area contributed by atoms with Crippen molar-refractivity contribution in [1.82, 2.24) is 0 Å². The maximum Gasteiger partial charge on any atom is 0.306 e. The van der Waals surface area contributed by atoms with Gasteiger partial charge in [0.05, 0.1) is 12.8 Å². The summed E-state index contributed by atoms with van der Waals surface area (Å²) in [5, 5.41) is 8.76. The zero-order chi connectivity index (χ0) is 18.5. The number of benzene rings is 1. The van der Waals surface area contributed by atoms with Crippen LogP contribution in [0.3, 0.4) is 0 Å². The molecule has 1 aromatic carbocycles. The maximum absolute atomic E-state index is 12.1. The van der Waals surface area contributed by atoms with Gasteiger partial charge in [-0.1, -0.05) is 69.9 Å². The molecule has 0 bridgehead atoms. The van der Waals surface area contributed by atoms with Crippen molar-refractivity contribution in [2.24, 2.45) is 5.92 Å². The van der Waals surface area contributed by atoms with Gasteiger partial charge in [-0.3, -0.25) is 9.59 Å². The third kappa shape index (κ3) is 9.28. The van der Waals surface area contributed by atoms with E-state index in [0.29, 0.717) is 12.3 Å². The highest BCUT2D eigenvalue weighted by Crippen LogP contribution is 2.25. The average molecular weight is 348 g/mol. The van der Waals surface area contributed by atoms with Crippen LogP contribution in [-0.4, -0.2) is 23.1 Å². The number of esters is 1. The van der Waals surface area contributed by atoms with E-state index in [4.69, 9.17) is 9.84 Å². The highest BCUT2D eigenvalue weighted by molar-refractivity contribution is 5.76. The average Bonchev–Trinajstić information content (AvgIpc) is 2.60. The van der Waals surface area contributed by atoms with E-state index in [1.54, 1.807) is 0 Å². The molecule has 2 atom stereocenters. The summed E-state index contributed by atoms with van der Waals surface area (Å²) in [4.78, 5) is 22.8. The molecular weight excluding hydrogens is 316 g/mol. The molecule has 0 saturated carbocycles. The predicted octanol–water partition coefficient (Wildman–Crippen LogP) is 5.00. The summed E-state index contributed by atoms with van der Waals surface area (Å²) >= 11 is 0. The number of unbranched alkanes of at least 4 members (excludes halogenated alkanes) is 2. The zero-order valence-electron chi connectivity index (χ0n) is 15.6. The third-order valence-corrected chi connectivity index (χ3v) is 4.47. The molecular formula is C21H32O4. The lowest BCUT2D eigenvalue weighted by molar-refractivity contribution is -0.154. The fourth-order valence-electron chi connectivity index (χ4n) is 3.13. The molecule has 0 spiro atoms. The van der Waals surface area contributed by atoms with E-state index in [1.807, 2.05) is 30.3 Å². The smallest absolute Gasteiger partial charge is 0.306 e. The molecule has 0 amide bonds. The number of rotatable bonds is 13. The molecule has 4 heteroatoms. The van der Waals surface area contributed by atoms with Crippen molar-refractivity contribution in [3.05, 3.63) is 35.9 Å². The molecule has 0 saturated heterocycles. The van der Waals surface area contributed by atoms with Crippen LogP contribution in [0.4, 0.5) is 0 Å². The van der Waals surface area contributed by atoms with Gasteiger partial charge in [0, 0.05) is 6.42 Å². The highest BCUT2D eigenvalue weighted by Gasteiger charge is 2.25. The second-order valence-corrected chi connectivity index (χ2v) is 6.66. The topological polar surface area (TPSA) is 63.6 Å². The lowest BCUT2D eigenvalue weighted by Crippen LogP contribution is -2.29. The van der Waals surface area contributed by atoms with Gasteiger partial charge < -0.3 is 9.84 Å². The standard InChI is InChI=1S/C21H32O4/c1-3-5-7-13-18(10-4-2)19(16-17-11-8-6-9-12-17)25-21(24)15-14-20(22)23/h6,8-9,11-12,18-19H,3-5,7,10,13-16H2,1-2H3,(H,22,23). The molecule has 25 heavy (non-hydrogen) atoms. The Morgan fingerprint density at radius 2 is 1.72 bits per heavy atom. The molecule has 140 valence electrons. The fraction of sp³-hybridized carbons (Fsp3) is 0.619. The minimum Gasteiger partial charge on any atom is -0.481 e. The minimum atomic E-state index is -0.968. The summed E-state index contributed by atoms with van der Waals surface area (Å²) in [5.41, 5.74) is 1.15. The molecule has 0 radical (unpaired) electrons. The van der Waals surface area contributed by atoms with Crippen LogP contribution in [0.1, 0.15) is 70.8 Å². The molecule has 2 unspecified atom stereocenters. The number of hydrogen-bond acceptors (Lipinski definition) is 3. The first-order valence-electron chi connectivity index (χ1n) is 9.52. The molecule has 0 aliphatic rings. The van der Waals surface area contributed by atoms with Crippen molar-refractivity contribution < 1.29 is 19.4 Å². The van der Waals surface area contributed by atoms with Crippen LogP contribution < -0.4 is 0 Å². The largest absolute Gasteiger partial charge is 0.481 e. The Hall–Kier alpha value is -1.84. The Morgan fingerprint density at radius 1 is 1.00 bits per heavy atom. The quantitative estimate of drug-likeness (QED) is 0.402. The van der Waals surface area contributed by atoms with Crippen molar-refractivity contribution in [3.8, 4) is 0 Å². The summed E-state index contributed by atoms with van der Waals surface area (Å²) in [6.45, 7) is 4.33. The monoisotopic (exact) mass is 348 g/mol. The molecule has 4 nitrogen and oxygen atoms in total. The predicted molar refractivity (Wildman–Crippen MR) is 99.4 cm³/mol. The lowest BCUT2D eigenvalue weighted by atomic mass is 9.87. The molecule has 1 aromatic rings. The van der Waals surface area contributed by atoms with Crippen molar-refractivity contribution in [2.45, 2.75) is 77.7 Å². The zero-order valence-corrected chi connectivity index (χ0v) is 15.6. The van der Waals surface area contributed by atoms with E-state index in [2.05, 4.69) is 13.8 Å². The van der Waals surface area contributed by atoms with E-state index in [9.17, 15) is 9.59 Å². The molecule has 0 aliphatic heterocycles. The van der Waals surface area contributed by atoms with E-state index in [1.165, 1.54) is 12.8 Å². The maximum atomic E-state index is 12.1. The van der Waals surface area contributed by atoms with E-state index < -0.39 is 11.9 Å². The van der Waals surface area contributed by atoms with Gasteiger partial charge in [0.1, 0.15) is 6.10 Å². The molecule has 1 rings (SSSR count). The van der Waals surface area contributed by atoms with Crippen LogP contribution in [0, 0.1) is 5.92 Å². The summed E-state index contributed by atoms with van der Waals surface area (Å²) in [7, 11) is 0. The third-order valence-electron chi connectivity index (χ3n) is 4.47. The van der Waals surface area contributed by atoms with Gasteiger partial charge in [-0.05, 0) is 24.3 Å². The van der Waals surface area contributed by atoms with E-state index in [0.717, 1.165) is 31.2 Å². The normalized spacial score (nSPS) is 13.2. The fourth-order valence-corrected chi connectivity index (χ4v) is 3.13. The second kappa shape index (κ2) is 12.5. The first-order chi connectivity index (χ1) is 12.1. The number of carboxylic acids is 1. The number of ether oxygens (including phenoxy) is 1. The van der Waals surface area contributed by atoms with E-state index >= 15 is 0 Å². The van der Waals surface area contributed by atoms with Crippen molar-refractivity contribution in [2.75, 3.05) is 0 Å². The lowest BCUT2D eigenvalue weighted by Gasteiger charge is -2.27. The Labute approximate surface area is 151 Å². The summed E-state index contributed by atoms with van der Waals surface area (Å²) < 4.78 is 5.75. The van der Waals surface area contributed by atoms with Gasteiger partial charge in [-0.25, -0.2) is 0 Å². The van der Waals surface area contributed by atoms with Gasteiger partial charge in [-0.15, -0.1) is 0 Å². The van der Waals surface area contributed by atoms with Gasteiger partial charge >= 0.3 is 11.9 Å². The Balaban J connectivity index is 2.78. The van der Waals surface area contributed by atoms with Crippen LogP contribution in [0.15, 0.2) is 30.3 Å². The molecule has 0 fully saturated rings. The van der Waals surface area contributed by atoms with Crippen LogP contribution in [0.25, 0.3) is 0 Å². The number of carbonyl (C=O) groups is 2. The summed E-state index contributed by atoms with van der Waals surface area (Å²) in [6, 6.07) is 10.1. The SMILES string of the molecule is CCCCCC(CCC)C(Cc1ccccc1)OC(=O)CCC(=O)O. The van der Waals surface area contributed by atoms with Crippen molar-refractivity contribution >= 4 is 11.9 Å². The first-order valence-corrected chi connectivity index (χ1v) is 9.52. The molecule has 0 heterocycles. The van der Waals surface area contributed by atoms with Crippen molar-refractivity contribution in [1.29, 1.82) is 0 Å². The number of carbonyl (C=O) groups excluding carboxylic acids is 1. The van der Waals surface area contributed by atoms with E-state index in [-0.39, 0.29) is 18.9 Å². The molecule has 1 N–H and O–H groups in total. The van der Waals surface area contributed by atoms with Gasteiger partial charge in [0.25, 0.3) is 0 Å². The van der Waals surface area contributed by atoms with Gasteiger partial charge in [0.2, 0.25) is 0 Å². The number of carboxylic acid groups (broad SMARTS) is 1. The van der Waals surface area contributed by atoms with Crippen LogP contribution >= 0.6 is 0 Å². The Kier molecular flexibility index (Phi) is 10.6. The van der Waals surface area contributed by atoms with Crippen molar-refractivity contribution in [3.63, 3.8) is 0 Å². The number of hydrogen-bond donors (Lipinski definition) is 1.